The lowest BCUT2D eigenvalue weighted by Gasteiger charge is -2.26. The summed E-state index contributed by atoms with van der Waals surface area (Å²) in [5.74, 6) is -5.41. The van der Waals surface area contributed by atoms with Crippen molar-refractivity contribution >= 4 is 41.5 Å². The van der Waals surface area contributed by atoms with Crippen LogP contribution in [0.4, 0.5) is 9.18 Å². The molecule has 4 amide bonds. The quantitative estimate of drug-likeness (QED) is 0.0965. The third-order valence-electron chi connectivity index (χ3n) is 7.06. The highest BCUT2D eigenvalue weighted by Crippen LogP contribution is 2.10. The second kappa shape index (κ2) is 20.8. The highest BCUT2D eigenvalue weighted by Gasteiger charge is 2.33. The molecule has 2 unspecified atom stereocenters. The fourth-order valence-corrected chi connectivity index (χ4v) is 4.47. The van der Waals surface area contributed by atoms with Crippen molar-refractivity contribution in [1.82, 2.24) is 31.2 Å². The third kappa shape index (κ3) is 14.5. The number of halogens is 1. The molecule has 5 N–H and O–H groups in total. The van der Waals surface area contributed by atoms with E-state index in [0.29, 0.717) is 5.69 Å². The third-order valence-corrected chi connectivity index (χ3v) is 7.06. The number of aromatic nitrogens is 2. The van der Waals surface area contributed by atoms with Crippen LogP contribution in [0.15, 0.2) is 42.9 Å². The van der Waals surface area contributed by atoms with E-state index in [0.717, 1.165) is 19.8 Å². The van der Waals surface area contributed by atoms with Crippen LogP contribution < -0.4 is 21.3 Å². The van der Waals surface area contributed by atoms with E-state index in [1.165, 1.54) is 12.5 Å². The number of ether oxygens (including phenoxy) is 3. The summed E-state index contributed by atoms with van der Waals surface area (Å²) in [6.07, 6.45) is 0.595. The average Bonchev–Trinajstić information content (AvgIpc) is 3.60. The van der Waals surface area contributed by atoms with Gasteiger partial charge in [0.05, 0.1) is 32.7 Å². The molecule has 0 aliphatic rings. The maximum Gasteiger partial charge on any atom is 0.408 e. The van der Waals surface area contributed by atoms with E-state index in [2.05, 4.69) is 40.7 Å². The number of amides is 4. The van der Waals surface area contributed by atoms with Crippen LogP contribution >= 0.6 is 0 Å². The normalized spacial score (nSPS) is 13.2. The van der Waals surface area contributed by atoms with E-state index < -0.39 is 78.8 Å². The summed E-state index contributed by atoms with van der Waals surface area (Å²) < 4.78 is 27.7. The van der Waals surface area contributed by atoms with Gasteiger partial charge >= 0.3 is 18.0 Å². The van der Waals surface area contributed by atoms with E-state index in [4.69, 9.17) is 4.74 Å². The first kappa shape index (κ1) is 39.8. The average molecular weight is 691 g/mol. The van der Waals surface area contributed by atoms with Crippen LogP contribution in [0, 0.1) is 5.92 Å². The number of alkyl carbamates (subject to hydrolysis) is 1. The van der Waals surface area contributed by atoms with Gasteiger partial charge in [0.1, 0.15) is 37.4 Å². The molecule has 1 aromatic carbocycles. The Kier molecular flexibility index (Phi) is 16.9. The minimum Gasteiger partial charge on any atom is -0.469 e. The molecule has 4 atom stereocenters. The molecule has 268 valence electrons. The van der Waals surface area contributed by atoms with E-state index in [1.807, 2.05) is 13.8 Å². The first-order valence-electron chi connectivity index (χ1n) is 15.4. The van der Waals surface area contributed by atoms with Crippen LogP contribution in [-0.4, -0.2) is 96.6 Å². The van der Waals surface area contributed by atoms with E-state index >= 15 is 0 Å². The summed E-state index contributed by atoms with van der Waals surface area (Å²) in [5, 5.41) is 9.81. The Morgan fingerprint density at radius 2 is 1.43 bits per heavy atom. The maximum absolute atomic E-state index is 13.6. The second-order valence-electron chi connectivity index (χ2n) is 11.3. The topological polar surface area (TPSA) is 224 Å². The Labute approximate surface area is 282 Å². The molecule has 0 aliphatic carbocycles. The Bertz CT molecular complexity index is 1410. The molecule has 2 aromatic rings. The summed E-state index contributed by atoms with van der Waals surface area (Å²) in [5.41, 5.74) is 1.04. The predicted molar refractivity (Wildman–Crippen MR) is 170 cm³/mol. The number of esters is 2. The number of H-pyrrole nitrogens is 1. The van der Waals surface area contributed by atoms with Crippen molar-refractivity contribution in [2.24, 2.45) is 5.92 Å². The van der Waals surface area contributed by atoms with Gasteiger partial charge in [-0.15, -0.1) is 0 Å². The SMILES string of the molecule is COC(=O)CCC(NC(=O)[C@H](CC(C)C)NC(=O)OCc1ccccc1)C(=O)N[C@@H](Cc1c[nH]cn1)C(=O)NC(CC(=O)OC)C(=O)CF. The number of benzene rings is 1. The van der Waals surface area contributed by atoms with Gasteiger partial charge in [0.15, 0.2) is 5.78 Å². The number of Topliss-reactive ketones (excluding diaryl/α,β-unsaturated/α-hetero) is 1. The summed E-state index contributed by atoms with van der Waals surface area (Å²) in [7, 11) is 2.20. The van der Waals surface area contributed by atoms with Crippen molar-refractivity contribution < 1.29 is 52.2 Å². The minimum atomic E-state index is -1.59. The maximum atomic E-state index is 13.6. The Hall–Kier alpha value is -5.35. The molecule has 0 saturated carbocycles. The number of aromatic amines is 1. The number of imidazole rings is 1. The van der Waals surface area contributed by atoms with Crippen molar-refractivity contribution in [3.63, 3.8) is 0 Å². The van der Waals surface area contributed by atoms with Crippen LogP contribution in [0.5, 0.6) is 0 Å². The second-order valence-corrected chi connectivity index (χ2v) is 11.3. The van der Waals surface area contributed by atoms with Gasteiger partial charge in [0.2, 0.25) is 17.7 Å². The molecule has 1 heterocycles. The number of hydrogen-bond donors (Lipinski definition) is 5. The zero-order valence-corrected chi connectivity index (χ0v) is 27.8. The Morgan fingerprint density at radius 3 is 2.02 bits per heavy atom. The van der Waals surface area contributed by atoms with Crippen molar-refractivity contribution in [2.45, 2.75) is 76.7 Å². The molecule has 2 rings (SSSR count). The van der Waals surface area contributed by atoms with Crippen LogP contribution in [-0.2, 0) is 56.0 Å². The van der Waals surface area contributed by atoms with Crippen molar-refractivity contribution in [3.05, 3.63) is 54.1 Å². The van der Waals surface area contributed by atoms with Crippen LogP contribution in [0.2, 0.25) is 0 Å². The van der Waals surface area contributed by atoms with Gasteiger partial charge in [0.25, 0.3) is 0 Å². The van der Waals surface area contributed by atoms with E-state index in [9.17, 15) is 38.0 Å². The van der Waals surface area contributed by atoms with E-state index in [-0.39, 0.29) is 38.2 Å². The molecule has 17 heteroatoms. The molecule has 0 spiro atoms. The minimum absolute atomic E-state index is 0.0519. The monoisotopic (exact) mass is 690 g/mol. The van der Waals surface area contributed by atoms with Crippen molar-refractivity contribution in [2.75, 3.05) is 20.9 Å². The zero-order chi connectivity index (χ0) is 36.3. The molecule has 1 aromatic heterocycles. The van der Waals surface area contributed by atoms with Gasteiger partial charge in [-0.05, 0) is 24.3 Å². The number of carbonyl (C=O) groups excluding carboxylic acids is 7. The summed E-state index contributed by atoms with van der Waals surface area (Å²) >= 11 is 0. The summed E-state index contributed by atoms with van der Waals surface area (Å²) in [4.78, 5) is 95.8. The summed E-state index contributed by atoms with van der Waals surface area (Å²) in [6.45, 7) is 2.10. The molecule has 0 aliphatic heterocycles. The molecular formula is C32H43FN6O10. The first-order valence-corrected chi connectivity index (χ1v) is 15.4. The number of hydrogen-bond acceptors (Lipinski definition) is 11. The highest BCUT2D eigenvalue weighted by atomic mass is 19.1. The van der Waals surface area contributed by atoms with Gasteiger partial charge in [-0.2, -0.15) is 0 Å². The number of carbonyl (C=O) groups is 7. The standard InChI is InChI=1S/C32H43FN6O10/c1-19(2)12-24(39-32(46)49-17-20-8-6-5-7-9-20)30(44)36-22(10-11-27(41)47-3)29(43)38-25(13-21-16-34-18-35-21)31(45)37-23(26(40)15-33)14-28(42)48-4/h5-9,16,18-19,22-25H,10-15,17H2,1-4H3,(H,34,35)(H,36,44)(H,37,45)(H,38,43)(H,39,46)/t22?,23?,24-,25-/m0/s1. The molecule has 0 bridgehead atoms. The Balaban J connectivity index is 2.27. The molecule has 49 heavy (non-hydrogen) atoms. The van der Waals surface area contributed by atoms with Crippen LogP contribution in [0.1, 0.15) is 50.8 Å². The fraction of sp³-hybridized carbons (Fsp3) is 0.500. The van der Waals surface area contributed by atoms with Crippen molar-refractivity contribution in [1.29, 1.82) is 0 Å². The van der Waals surface area contributed by atoms with Crippen LogP contribution in [0.25, 0.3) is 0 Å². The number of alkyl halides is 1. The lowest BCUT2D eigenvalue weighted by molar-refractivity contribution is -0.144. The molecular weight excluding hydrogens is 647 g/mol. The lowest BCUT2D eigenvalue weighted by atomic mass is 10.0. The van der Waals surface area contributed by atoms with Gasteiger partial charge in [-0.3, -0.25) is 28.8 Å². The number of rotatable bonds is 20. The summed E-state index contributed by atoms with van der Waals surface area (Å²) in [6, 6.07) is 3.27. The van der Waals surface area contributed by atoms with Gasteiger partial charge in [-0.1, -0.05) is 44.2 Å². The fourth-order valence-electron chi connectivity index (χ4n) is 4.47. The molecule has 0 radical (unpaired) electrons. The Morgan fingerprint density at radius 1 is 0.816 bits per heavy atom. The molecule has 16 nitrogen and oxygen atoms in total. The first-order chi connectivity index (χ1) is 23.4. The van der Waals surface area contributed by atoms with Gasteiger partial charge in [-0.25, -0.2) is 14.2 Å². The smallest absolute Gasteiger partial charge is 0.408 e. The predicted octanol–water partition coefficient (Wildman–Crippen LogP) is 0.803. The lowest BCUT2D eigenvalue weighted by Crippen LogP contribution is -2.58. The van der Waals surface area contributed by atoms with Crippen molar-refractivity contribution in [3.8, 4) is 0 Å². The number of nitrogens with one attached hydrogen (secondary N) is 5. The largest absolute Gasteiger partial charge is 0.469 e. The number of nitrogens with zero attached hydrogens (tertiary/aromatic N) is 1. The molecule has 0 saturated heterocycles. The number of methoxy groups -OCH3 is 2. The van der Waals surface area contributed by atoms with Crippen LogP contribution in [0.3, 0.4) is 0 Å². The zero-order valence-electron chi connectivity index (χ0n) is 27.8. The number of ketones is 1. The van der Waals surface area contributed by atoms with Gasteiger partial charge in [0, 0.05) is 19.0 Å². The van der Waals surface area contributed by atoms with E-state index in [1.54, 1.807) is 30.3 Å². The molecule has 0 fully saturated rings. The highest BCUT2D eigenvalue weighted by molar-refractivity contribution is 5.97. The van der Waals surface area contributed by atoms with Gasteiger partial charge < -0.3 is 40.5 Å².